The van der Waals surface area contributed by atoms with Gasteiger partial charge in [0.25, 0.3) is 0 Å². The van der Waals surface area contributed by atoms with E-state index in [2.05, 4.69) is 48.5 Å². The van der Waals surface area contributed by atoms with Gasteiger partial charge in [-0.15, -0.1) is 0 Å². The van der Waals surface area contributed by atoms with Crippen molar-refractivity contribution in [3.05, 3.63) is 0 Å². The molecule has 0 aliphatic rings. The molecule has 0 rings (SSSR count). The predicted molar refractivity (Wildman–Crippen MR) is 87.5 cm³/mol. The maximum atomic E-state index is 6.29. The van der Waals surface area contributed by atoms with Crippen molar-refractivity contribution in [1.82, 2.24) is 0 Å². The SMILES string of the molecule is CCOC(C(C)CC)C(O[SiH3])(C(C)CC)C(C)CC. The third-order valence-electron chi connectivity index (χ3n) is 5.07. The van der Waals surface area contributed by atoms with Gasteiger partial charge in [0.1, 0.15) is 10.5 Å². The standard InChI is InChI=1S/C16H36O2Si/c1-8-12(5)15(17-11-4)16(18-19,13(6)9-2)14(7)10-3/h12-15H,8-11H2,1-7,19H3. The van der Waals surface area contributed by atoms with Gasteiger partial charge in [-0.3, -0.25) is 0 Å². The zero-order chi connectivity index (χ0) is 15.1. The Labute approximate surface area is 124 Å². The molecule has 0 aliphatic heterocycles. The second kappa shape index (κ2) is 9.14. The van der Waals surface area contributed by atoms with E-state index < -0.39 is 0 Å². The molecule has 0 aliphatic carbocycles. The molecule has 3 heteroatoms. The molecule has 4 atom stereocenters. The maximum absolute atomic E-state index is 6.29. The Morgan fingerprint density at radius 1 is 0.895 bits per heavy atom. The van der Waals surface area contributed by atoms with Crippen LogP contribution < -0.4 is 0 Å². The first-order valence-electron chi connectivity index (χ1n) is 8.12. The molecule has 116 valence electrons. The Balaban J connectivity index is 5.59. The van der Waals surface area contributed by atoms with Gasteiger partial charge in [0.15, 0.2) is 0 Å². The lowest BCUT2D eigenvalue weighted by Gasteiger charge is -2.50. The smallest absolute Gasteiger partial charge is 0.146 e. The van der Waals surface area contributed by atoms with Crippen LogP contribution in [0.4, 0.5) is 0 Å². The van der Waals surface area contributed by atoms with Crippen molar-refractivity contribution >= 4 is 10.5 Å². The van der Waals surface area contributed by atoms with E-state index >= 15 is 0 Å². The highest BCUT2D eigenvalue weighted by atomic mass is 28.2. The fourth-order valence-electron chi connectivity index (χ4n) is 3.34. The van der Waals surface area contributed by atoms with Crippen molar-refractivity contribution < 1.29 is 9.16 Å². The van der Waals surface area contributed by atoms with Crippen LogP contribution in [-0.4, -0.2) is 28.8 Å². The number of ether oxygens (including phenoxy) is 1. The van der Waals surface area contributed by atoms with Gasteiger partial charge in [0.05, 0.1) is 11.7 Å². The van der Waals surface area contributed by atoms with Crippen LogP contribution in [0, 0.1) is 17.8 Å². The summed E-state index contributed by atoms with van der Waals surface area (Å²) in [6.45, 7) is 16.6. The van der Waals surface area contributed by atoms with Crippen molar-refractivity contribution in [2.45, 2.75) is 79.4 Å². The van der Waals surface area contributed by atoms with Crippen LogP contribution in [0.1, 0.15) is 67.7 Å². The largest absolute Gasteiger partial charge is 0.419 e. The summed E-state index contributed by atoms with van der Waals surface area (Å²) in [6.07, 6.45) is 3.65. The van der Waals surface area contributed by atoms with E-state index in [-0.39, 0.29) is 11.7 Å². The van der Waals surface area contributed by atoms with Gasteiger partial charge in [-0.1, -0.05) is 60.8 Å². The second-order valence-electron chi connectivity index (χ2n) is 5.94. The van der Waals surface area contributed by atoms with Gasteiger partial charge < -0.3 is 9.16 Å². The number of rotatable bonds is 10. The molecule has 0 saturated carbocycles. The molecule has 0 aromatic heterocycles. The predicted octanol–water partition coefficient (Wildman–Crippen LogP) is 3.57. The third kappa shape index (κ3) is 4.05. The van der Waals surface area contributed by atoms with Crippen LogP contribution in [0.5, 0.6) is 0 Å². The van der Waals surface area contributed by atoms with Crippen LogP contribution in [0.15, 0.2) is 0 Å². The highest BCUT2D eigenvalue weighted by Crippen LogP contribution is 2.41. The maximum Gasteiger partial charge on any atom is 0.146 e. The average Bonchev–Trinajstić information content (AvgIpc) is 2.45. The zero-order valence-electron chi connectivity index (χ0n) is 14.5. The summed E-state index contributed by atoms with van der Waals surface area (Å²) in [5, 5.41) is 0. The topological polar surface area (TPSA) is 18.5 Å². The van der Waals surface area contributed by atoms with Gasteiger partial charge in [-0.05, 0) is 24.7 Å². The van der Waals surface area contributed by atoms with E-state index in [9.17, 15) is 0 Å². The first-order chi connectivity index (χ1) is 8.95. The van der Waals surface area contributed by atoms with E-state index in [0.29, 0.717) is 17.8 Å². The Morgan fingerprint density at radius 3 is 1.63 bits per heavy atom. The molecule has 4 unspecified atom stereocenters. The number of hydrogen-bond acceptors (Lipinski definition) is 2. The van der Waals surface area contributed by atoms with Gasteiger partial charge in [-0.25, -0.2) is 0 Å². The molecular formula is C16H36O2Si. The summed E-state index contributed by atoms with van der Waals surface area (Å²) < 4.78 is 12.5. The first-order valence-corrected chi connectivity index (χ1v) is 8.94. The van der Waals surface area contributed by atoms with Gasteiger partial charge >= 0.3 is 0 Å². The van der Waals surface area contributed by atoms with Crippen LogP contribution in [0.25, 0.3) is 0 Å². The second-order valence-corrected chi connectivity index (χ2v) is 6.35. The Hall–Kier alpha value is 0.137. The minimum absolute atomic E-state index is 0.110. The van der Waals surface area contributed by atoms with Crippen molar-refractivity contribution in [3.8, 4) is 0 Å². The molecule has 0 bridgehead atoms. The molecule has 0 spiro atoms. The molecule has 0 radical (unpaired) electrons. The van der Waals surface area contributed by atoms with Crippen LogP contribution >= 0.6 is 0 Å². The van der Waals surface area contributed by atoms with E-state index in [1.807, 2.05) is 0 Å². The van der Waals surface area contributed by atoms with Gasteiger partial charge in [-0.2, -0.15) is 0 Å². The minimum Gasteiger partial charge on any atom is -0.419 e. The molecule has 2 nitrogen and oxygen atoms in total. The Bertz CT molecular complexity index is 223. The van der Waals surface area contributed by atoms with E-state index in [1.165, 1.54) is 0 Å². The molecule has 0 amide bonds. The molecule has 0 heterocycles. The fourth-order valence-corrected chi connectivity index (χ4v) is 4.37. The average molecular weight is 289 g/mol. The quantitative estimate of drug-likeness (QED) is 0.572. The van der Waals surface area contributed by atoms with E-state index in [4.69, 9.17) is 9.16 Å². The van der Waals surface area contributed by atoms with Crippen LogP contribution in [-0.2, 0) is 9.16 Å². The Morgan fingerprint density at radius 2 is 1.37 bits per heavy atom. The highest BCUT2D eigenvalue weighted by molar-refractivity contribution is 5.98. The fraction of sp³-hybridized carbons (Fsp3) is 1.00. The van der Waals surface area contributed by atoms with Crippen LogP contribution in [0.3, 0.4) is 0 Å². The third-order valence-corrected chi connectivity index (χ3v) is 5.78. The summed E-state index contributed by atoms with van der Waals surface area (Å²) >= 11 is 0. The highest BCUT2D eigenvalue weighted by Gasteiger charge is 2.48. The lowest BCUT2D eigenvalue weighted by molar-refractivity contribution is -0.164. The minimum atomic E-state index is -0.110. The Kier molecular flexibility index (Phi) is 9.21. The summed E-state index contributed by atoms with van der Waals surface area (Å²) in [5.74, 6) is 1.60. The summed E-state index contributed by atoms with van der Waals surface area (Å²) in [7, 11) is 0.774. The first kappa shape index (κ1) is 19.1. The van der Waals surface area contributed by atoms with Crippen molar-refractivity contribution in [1.29, 1.82) is 0 Å². The lowest BCUT2D eigenvalue weighted by atomic mass is 9.69. The lowest BCUT2D eigenvalue weighted by Crippen LogP contribution is -2.57. The molecular weight excluding hydrogens is 252 g/mol. The molecule has 19 heavy (non-hydrogen) atoms. The normalized spacial score (nSPS) is 21.6. The van der Waals surface area contributed by atoms with Crippen molar-refractivity contribution in [3.63, 3.8) is 0 Å². The summed E-state index contributed by atoms with van der Waals surface area (Å²) in [4.78, 5) is 0. The molecule has 0 aromatic carbocycles. The van der Waals surface area contributed by atoms with Crippen molar-refractivity contribution in [2.24, 2.45) is 17.8 Å². The number of hydrogen-bond donors (Lipinski definition) is 0. The molecule has 0 N–H and O–H groups in total. The van der Waals surface area contributed by atoms with Crippen molar-refractivity contribution in [2.75, 3.05) is 6.61 Å². The molecule has 0 fully saturated rings. The monoisotopic (exact) mass is 288 g/mol. The summed E-state index contributed by atoms with van der Waals surface area (Å²) in [6, 6.07) is 0. The van der Waals surface area contributed by atoms with E-state index in [1.54, 1.807) is 0 Å². The molecule has 0 aromatic rings. The van der Waals surface area contributed by atoms with Crippen LogP contribution in [0.2, 0.25) is 0 Å². The summed E-state index contributed by atoms with van der Waals surface area (Å²) in [5.41, 5.74) is -0.110. The van der Waals surface area contributed by atoms with Gasteiger partial charge in [0.2, 0.25) is 0 Å². The zero-order valence-corrected chi connectivity index (χ0v) is 16.5. The van der Waals surface area contributed by atoms with E-state index in [0.717, 1.165) is 36.4 Å². The molecule has 0 saturated heterocycles. The van der Waals surface area contributed by atoms with Gasteiger partial charge in [0, 0.05) is 6.61 Å².